The molecule has 10 heteroatoms. The Morgan fingerprint density at radius 3 is 2.51 bits per heavy atom. The summed E-state index contributed by atoms with van der Waals surface area (Å²) in [6.45, 7) is 2.76. The number of nitrogens with zero attached hydrogens (tertiary/aromatic N) is 3. The number of amides is 3. The first-order valence-electron chi connectivity index (χ1n) is 13.8. The van der Waals surface area contributed by atoms with E-state index in [1.54, 1.807) is 0 Å². The van der Waals surface area contributed by atoms with Crippen molar-refractivity contribution in [2.75, 3.05) is 49.1 Å². The van der Waals surface area contributed by atoms with Crippen LogP contribution < -0.4 is 10.2 Å². The van der Waals surface area contributed by atoms with Crippen LogP contribution in [0.5, 0.6) is 0 Å². The van der Waals surface area contributed by atoms with Crippen LogP contribution in [-0.2, 0) is 29.8 Å². The highest BCUT2D eigenvalue weighted by Gasteiger charge is 2.67. The molecule has 0 radical (unpaired) electrons. The number of sulfone groups is 1. The van der Waals surface area contributed by atoms with E-state index < -0.39 is 21.3 Å². The third-order valence-electron chi connectivity index (χ3n) is 9.26. The van der Waals surface area contributed by atoms with Gasteiger partial charge in [-0.3, -0.25) is 19.3 Å². The molecule has 4 saturated heterocycles. The minimum absolute atomic E-state index is 0.00232. The Morgan fingerprint density at radius 2 is 1.70 bits per heavy atom. The number of benzene rings is 1. The number of carbonyl (C=O) groups is 3. The zero-order valence-electron chi connectivity index (χ0n) is 21.2. The highest BCUT2D eigenvalue weighted by molar-refractivity contribution is 7.91. The molecular weight excluding hydrogens is 492 g/mol. The van der Waals surface area contributed by atoms with Crippen molar-refractivity contribution in [2.24, 2.45) is 11.8 Å². The van der Waals surface area contributed by atoms with Gasteiger partial charge in [0.05, 0.1) is 17.4 Å². The van der Waals surface area contributed by atoms with Gasteiger partial charge in [0.15, 0.2) is 0 Å². The molecule has 37 heavy (non-hydrogen) atoms. The lowest BCUT2D eigenvalue weighted by Gasteiger charge is -2.37. The van der Waals surface area contributed by atoms with Gasteiger partial charge in [-0.1, -0.05) is 18.2 Å². The fraction of sp³-hybridized carbons (Fsp3) is 0.667. The van der Waals surface area contributed by atoms with E-state index in [1.807, 2.05) is 34.1 Å². The molecule has 1 aromatic carbocycles. The van der Waals surface area contributed by atoms with Crippen molar-refractivity contribution in [1.82, 2.24) is 15.1 Å². The van der Waals surface area contributed by atoms with E-state index in [0.717, 1.165) is 30.6 Å². The first-order chi connectivity index (χ1) is 17.8. The summed E-state index contributed by atoms with van der Waals surface area (Å²) in [5.74, 6) is -0.670. The molecule has 0 aromatic heterocycles. The fourth-order valence-electron chi connectivity index (χ4n) is 7.53. The van der Waals surface area contributed by atoms with E-state index in [-0.39, 0.29) is 41.2 Å². The highest BCUT2D eigenvalue weighted by Crippen LogP contribution is 2.57. The van der Waals surface area contributed by atoms with Gasteiger partial charge >= 0.3 is 0 Å². The molecular formula is C27H36N4O5S. The quantitative estimate of drug-likeness (QED) is 0.589. The van der Waals surface area contributed by atoms with Crippen LogP contribution >= 0.6 is 0 Å². The topological polar surface area (TPSA) is 107 Å². The van der Waals surface area contributed by atoms with E-state index in [1.165, 1.54) is 0 Å². The monoisotopic (exact) mass is 528 g/mol. The second-order valence-electron chi connectivity index (χ2n) is 11.3. The Balaban J connectivity index is 1.29. The number of carbonyl (C=O) groups excluding carboxylic acids is 3. The molecule has 5 aliphatic rings. The molecule has 0 unspecified atom stereocenters. The summed E-state index contributed by atoms with van der Waals surface area (Å²) in [5.41, 5.74) is 0.877. The van der Waals surface area contributed by atoms with Gasteiger partial charge in [0.1, 0.15) is 15.4 Å². The van der Waals surface area contributed by atoms with Crippen molar-refractivity contribution in [2.45, 2.75) is 56.5 Å². The van der Waals surface area contributed by atoms with Crippen molar-refractivity contribution in [3.8, 4) is 0 Å². The number of hydrogen-bond donors (Lipinski definition) is 1. The Labute approximate surface area is 218 Å². The minimum atomic E-state index is -3.04. The van der Waals surface area contributed by atoms with Crippen LogP contribution in [0.1, 0.15) is 50.5 Å². The summed E-state index contributed by atoms with van der Waals surface area (Å²) in [6, 6.07) is 8.15. The lowest BCUT2D eigenvalue weighted by atomic mass is 9.78. The molecule has 5 heterocycles. The van der Waals surface area contributed by atoms with E-state index in [0.29, 0.717) is 58.3 Å². The van der Waals surface area contributed by atoms with Crippen LogP contribution in [0.15, 0.2) is 24.3 Å². The maximum atomic E-state index is 14.3. The molecule has 6 rings (SSSR count). The molecule has 2 bridgehead atoms. The lowest BCUT2D eigenvalue weighted by molar-refractivity contribution is -0.138. The summed E-state index contributed by atoms with van der Waals surface area (Å²) in [7, 11) is -3.04. The molecule has 5 aliphatic heterocycles. The van der Waals surface area contributed by atoms with Crippen molar-refractivity contribution in [3.05, 3.63) is 29.8 Å². The number of rotatable bonds is 1. The molecule has 0 saturated carbocycles. The Bertz CT molecular complexity index is 1200. The third-order valence-corrected chi connectivity index (χ3v) is 11.0. The van der Waals surface area contributed by atoms with Gasteiger partial charge in [-0.05, 0) is 57.6 Å². The van der Waals surface area contributed by atoms with Gasteiger partial charge in [0, 0.05) is 49.4 Å². The minimum Gasteiger partial charge on any atom is -0.356 e. The molecule has 3 amide bonds. The Kier molecular flexibility index (Phi) is 6.30. The molecule has 3 atom stereocenters. The molecule has 4 fully saturated rings. The van der Waals surface area contributed by atoms with Gasteiger partial charge in [0.2, 0.25) is 11.8 Å². The van der Waals surface area contributed by atoms with E-state index in [2.05, 4.69) is 10.2 Å². The second-order valence-corrected chi connectivity index (χ2v) is 13.6. The molecule has 200 valence electrons. The van der Waals surface area contributed by atoms with Crippen LogP contribution in [0, 0.1) is 11.8 Å². The predicted molar refractivity (Wildman–Crippen MR) is 139 cm³/mol. The zero-order chi connectivity index (χ0) is 25.8. The number of para-hydroxylation sites is 1. The van der Waals surface area contributed by atoms with Crippen LogP contribution in [0.4, 0.5) is 5.69 Å². The third kappa shape index (κ3) is 3.98. The van der Waals surface area contributed by atoms with Gasteiger partial charge in [-0.15, -0.1) is 0 Å². The number of hydrogen-bond acceptors (Lipinski definition) is 6. The highest BCUT2D eigenvalue weighted by atomic mass is 32.2. The SMILES string of the molecule is O=C1NCCCN(C(=O)C2CCS(=O)(=O)CC2)CCCN2C(=O)[C@@]3(c4ccccc42)[C@@H]1C[C@@H]1CCCN13. The molecule has 9 nitrogen and oxygen atoms in total. The summed E-state index contributed by atoms with van der Waals surface area (Å²) in [5, 5.41) is 3.11. The van der Waals surface area contributed by atoms with E-state index in [9.17, 15) is 22.8 Å². The number of anilines is 1. The van der Waals surface area contributed by atoms with Crippen molar-refractivity contribution >= 4 is 33.2 Å². The van der Waals surface area contributed by atoms with Gasteiger partial charge < -0.3 is 15.1 Å². The van der Waals surface area contributed by atoms with Crippen LogP contribution in [0.25, 0.3) is 0 Å². The predicted octanol–water partition coefficient (Wildman–Crippen LogP) is 1.28. The first-order valence-corrected chi connectivity index (χ1v) is 15.6. The average molecular weight is 529 g/mol. The van der Waals surface area contributed by atoms with E-state index >= 15 is 0 Å². The largest absolute Gasteiger partial charge is 0.356 e. The summed E-state index contributed by atoms with van der Waals surface area (Å²) < 4.78 is 23.7. The average Bonchev–Trinajstić information content (AvgIpc) is 3.53. The summed E-state index contributed by atoms with van der Waals surface area (Å²) >= 11 is 0. The molecule has 0 aliphatic carbocycles. The summed E-state index contributed by atoms with van der Waals surface area (Å²) in [4.78, 5) is 47.4. The van der Waals surface area contributed by atoms with Crippen molar-refractivity contribution in [1.29, 1.82) is 0 Å². The smallest absolute Gasteiger partial charge is 0.253 e. The van der Waals surface area contributed by atoms with Gasteiger partial charge in [-0.2, -0.15) is 0 Å². The Morgan fingerprint density at radius 1 is 0.946 bits per heavy atom. The lowest BCUT2D eigenvalue weighted by Crippen LogP contribution is -2.56. The van der Waals surface area contributed by atoms with Gasteiger partial charge in [-0.25, -0.2) is 8.42 Å². The Hall–Kier alpha value is -2.46. The van der Waals surface area contributed by atoms with Crippen LogP contribution in [-0.4, -0.2) is 86.2 Å². The van der Waals surface area contributed by atoms with E-state index in [4.69, 9.17) is 0 Å². The number of fused-ring (bicyclic) bond motifs is 4. The standard InChI is InChI=1S/C27H36N4O5S/c32-24-22-18-20-6-3-15-31(20)27(22)21-7-1-2-8-23(21)30(26(27)34)14-5-13-29(12-4-11-28-24)25(33)19-9-16-37(35,36)17-10-19/h1-2,7-8,19-20,22H,3-6,9-18H2,(H,28,32)/t20-,22+,27+/m0/s1. The fourth-order valence-corrected chi connectivity index (χ4v) is 9.03. The van der Waals surface area contributed by atoms with Crippen molar-refractivity contribution in [3.63, 3.8) is 0 Å². The van der Waals surface area contributed by atoms with Crippen LogP contribution in [0.2, 0.25) is 0 Å². The molecule has 1 aromatic rings. The van der Waals surface area contributed by atoms with Crippen LogP contribution in [0.3, 0.4) is 0 Å². The zero-order valence-corrected chi connectivity index (χ0v) is 22.0. The van der Waals surface area contributed by atoms with Gasteiger partial charge in [0.25, 0.3) is 5.91 Å². The summed E-state index contributed by atoms with van der Waals surface area (Å²) in [6.07, 6.45) is 4.73. The maximum absolute atomic E-state index is 14.3. The maximum Gasteiger partial charge on any atom is 0.253 e. The molecule has 1 N–H and O–H groups in total. The normalized spacial score (nSPS) is 32.5. The second kappa shape index (κ2) is 9.38. The van der Waals surface area contributed by atoms with Crippen molar-refractivity contribution < 1.29 is 22.8 Å². The molecule has 1 spiro atoms. The number of nitrogens with one attached hydrogen (secondary N) is 1. The first kappa shape index (κ1) is 24.9.